The van der Waals surface area contributed by atoms with Crippen LogP contribution in [0.4, 0.5) is 0 Å². The minimum Gasteiger partial charge on any atom is -0.390 e. The molecule has 0 aliphatic heterocycles. The first-order valence-corrected chi connectivity index (χ1v) is 4.94. The molecule has 0 spiro atoms. The summed E-state index contributed by atoms with van der Waals surface area (Å²) in [6.45, 7) is 0.583. The fourth-order valence-corrected chi connectivity index (χ4v) is 1.50. The molecule has 0 fully saturated rings. The van der Waals surface area contributed by atoms with E-state index in [2.05, 4.69) is 15.4 Å². The van der Waals surface area contributed by atoms with E-state index < -0.39 is 6.10 Å². The summed E-state index contributed by atoms with van der Waals surface area (Å²) >= 11 is 0. The van der Waals surface area contributed by atoms with Crippen molar-refractivity contribution in [2.75, 3.05) is 13.6 Å². The van der Waals surface area contributed by atoms with Crippen LogP contribution >= 0.6 is 0 Å². The molecule has 0 aliphatic rings. The molecule has 7 nitrogen and oxygen atoms in total. The zero-order chi connectivity index (χ0) is 11.5. The molecule has 0 aromatic carbocycles. The highest BCUT2D eigenvalue weighted by molar-refractivity contribution is 5.31. The molecule has 0 aliphatic carbocycles. The van der Waals surface area contributed by atoms with E-state index in [4.69, 9.17) is 0 Å². The highest BCUT2D eigenvalue weighted by Gasteiger charge is 2.10. The third-order valence-corrected chi connectivity index (χ3v) is 2.21. The predicted octanol–water partition coefficient (Wildman–Crippen LogP) is -1.53. The molecule has 0 amide bonds. The lowest BCUT2D eigenvalue weighted by Gasteiger charge is -2.07. The number of rotatable bonds is 4. The Bertz CT molecular complexity index is 532. The van der Waals surface area contributed by atoms with Crippen LogP contribution in [0.3, 0.4) is 0 Å². The van der Waals surface area contributed by atoms with Gasteiger partial charge in [0, 0.05) is 18.9 Å². The van der Waals surface area contributed by atoms with Crippen molar-refractivity contribution in [3.63, 3.8) is 0 Å². The van der Waals surface area contributed by atoms with Gasteiger partial charge in [-0.05, 0) is 7.05 Å². The lowest BCUT2D eigenvalue weighted by atomic mass is 10.3. The van der Waals surface area contributed by atoms with E-state index in [1.54, 1.807) is 13.2 Å². The minimum atomic E-state index is -0.638. The van der Waals surface area contributed by atoms with E-state index in [9.17, 15) is 9.90 Å². The monoisotopic (exact) mass is 223 g/mol. The number of fused-ring (bicyclic) bond motifs is 1. The molecule has 7 heteroatoms. The average molecular weight is 223 g/mol. The molecule has 2 rings (SSSR count). The van der Waals surface area contributed by atoms with Gasteiger partial charge in [-0.1, -0.05) is 0 Å². The normalized spacial score (nSPS) is 13.1. The van der Waals surface area contributed by atoms with Gasteiger partial charge in [-0.3, -0.25) is 4.98 Å². The number of aliphatic hydroxyl groups is 1. The maximum atomic E-state index is 11.8. The first-order chi connectivity index (χ1) is 7.72. The van der Waals surface area contributed by atoms with Crippen molar-refractivity contribution in [3.8, 4) is 0 Å². The molecule has 1 unspecified atom stereocenters. The Morgan fingerprint density at radius 3 is 3.12 bits per heavy atom. The summed E-state index contributed by atoms with van der Waals surface area (Å²) in [6.07, 6.45) is 3.93. The average Bonchev–Trinajstić information content (AvgIpc) is 2.57. The molecule has 2 N–H and O–H groups in total. The van der Waals surface area contributed by atoms with Crippen LogP contribution in [0.15, 0.2) is 23.4 Å². The van der Waals surface area contributed by atoms with Crippen LogP contribution in [0.25, 0.3) is 5.65 Å². The molecular formula is C9H13N5O2. The smallest absolute Gasteiger partial charge is 0.350 e. The Hall–Kier alpha value is -1.73. The number of aromatic nitrogens is 4. The molecule has 2 heterocycles. The third-order valence-electron chi connectivity index (χ3n) is 2.21. The van der Waals surface area contributed by atoms with E-state index >= 15 is 0 Å². The Morgan fingerprint density at radius 2 is 2.44 bits per heavy atom. The van der Waals surface area contributed by atoms with E-state index in [1.807, 2.05) is 0 Å². The van der Waals surface area contributed by atoms with Crippen LogP contribution in [0.2, 0.25) is 0 Å². The van der Waals surface area contributed by atoms with Gasteiger partial charge in [-0.15, -0.1) is 5.10 Å². The van der Waals surface area contributed by atoms with Crippen molar-refractivity contribution in [3.05, 3.63) is 29.1 Å². The second kappa shape index (κ2) is 4.42. The third kappa shape index (κ3) is 1.95. The molecule has 0 saturated carbocycles. The van der Waals surface area contributed by atoms with Crippen LogP contribution in [-0.4, -0.2) is 44.0 Å². The molecule has 2 aromatic rings. The van der Waals surface area contributed by atoms with Crippen molar-refractivity contribution in [1.82, 2.24) is 24.5 Å². The molecule has 86 valence electrons. The number of nitrogens with zero attached hydrogens (tertiary/aromatic N) is 4. The summed E-state index contributed by atoms with van der Waals surface area (Å²) in [4.78, 5) is 15.6. The standard InChI is InChI=1S/C9H13N5O2/c1-10-4-7(15)6-14-9(16)13-3-2-11-5-8(13)12-14/h2-3,5,7,10,15H,4,6H2,1H3. The Balaban J connectivity index is 2.31. The summed E-state index contributed by atoms with van der Waals surface area (Å²) in [7, 11) is 1.74. The van der Waals surface area contributed by atoms with E-state index in [-0.39, 0.29) is 12.2 Å². The lowest BCUT2D eigenvalue weighted by Crippen LogP contribution is -2.32. The Morgan fingerprint density at radius 1 is 1.62 bits per heavy atom. The quantitative estimate of drug-likeness (QED) is 0.657. The number of hydrogen-bond donors (Lipinski definition) is 2. The molecule has 1 atom stereocenters. The number of hydrogen-bond acceptors (Lipinski definition) is 5. The second-order valence-corrected chi connectivity index (χ2v) is 3.48. The van der Waals surface area contributed by atoms with Crippen LogP contribution in [0.1, 0.15) is 0 Å². The topological polar surface area (TPSA) is 84.4 Å². The van der Waals surface area contributed by atoms with Gasteiger partial charge in [-0.25, -0.2) is 13.9 Å². The van der Waals surface area contributed by atoms with Crippen LogP contribution in [-0.2, 0) is 6.54 Å². The predicted molar refractivity (Wildman–Crippen MR) is 57.2 cm³/mol. The van der Waals surface area contributed by atoms with Gasteiger partial charge < -0.3 is 10.4 Å². The van der Waals surface area contributed by atoms with Crippen LogP contribution in [0.5, 0.6) is 0 Å². The maximum Gasteiger partial charge on any atom is 0.350 e. The number of likely N-dealkylation sites (N-methyl/N-ethyl adjacent to an activating group) is 1. The van der Waals surface area contributed by atoms with E-state index in [0.29, 0.717) is 12.2 Å². The van der Waals surface area contributed by atoms with Gasteiger partial charge in [0.15, 0.2) is 5.65 Å². The largest absolute Gasteiger partial charge is 0.390 e. The second-order valence-electron chi connectivity index (χ2n) is 3.48. The van der Waals surface area contributed by atoms with Crippen molar-refractivity contribution < 1.29 is 5.11 Å². The van der Waals surface area contributed by atoms with Gasteiger partial charge in [0.2, 0.25) is 0 Å². The summed E-state index contributed by atoms with van der Waals surface area (Å²) in [5, 5.41) is 16.4. The van der Waals surface area contributed by atoms with Crippen LogP contribution in [0, 0.1) is 0 Å². The maximum absolute atomic E-state index is 11.8. The van der Waals surface area contributed by atoms with E-state index in [1.165, 1.54) is 21.5 Å². The Kier molecular flexibility index (Phi) is 2.97. The molecule has 2 aromatic heterocycles. The van der Waals surface area contributed by atoms with E-state index in [0.717, 1.165) is 0 Å². The van der Waals surface area contributed by atoms with Crippen molar-refractivity contribution in [2.45, 2.75) is 12.6 Å². The summed E-state index contributed by atoms with van der Waals surface area (Å²) in [5.41, 5.74) is 0.205. The summed E-state index contributed by atoms with van der Waals surface area (Å²) in [6, 6.07) is 0. The molecule has 0 saturated heterocycles. The number of aliphatic hydroxyl groups excluding tert-OH is 1. The summed E-state index contributed by atoms with van der Waals surface area (Å²) in [5.74, 6) is 0. The van der Waals surface area contributed by atoms with Gasteiger partial charge >= 0.3 is 5.69 Å². The van der Waals surface area contributed by atoms with Gasteiger partial charge in [-0.2, -0.15) is 0 Å². The Labute approximate surface area is 91.4 Å². The highest BCUT2D eigenvalue weighted by Crippen LogP contribution is 1.93. The zero-order valence-electron chi connectivity index (χ0n) is 8.87. The fourth-order valence-electron chi connectivity index (χ4n) is 1.50. The first kappa shape index (κ1) is 10.8. The fraction of sp³-hybridized carbons (Fsp3) is 0.444. The minimum absolute atomic E-state index is 0.168. The first-order valence-electron chi connectivity index (χ1n) is 4.94. The van der Waals surface area contributed by atoms with Gasteiger partial charge in [0.05, 0.1) is 18.8 Å². The molecule has 0 radical (unpaired) electrons. The van der Waals surface area contributed by atoms with Gasteiger partial charge in [0.1, 0.15) is 0 Å². The zero-order valence-corrected chi connectivity index (χ0v) is 8.87. The summed E-state index contributed by atoms with van der Waals surface area (Å²) < 4.78 is 2.62. The van der Waals surface area contributed by atoms with Crippen molar-refractivity contribution in [2.24, 2.45) is 0 Å². The number of nitrogens with one attached hydrogen (secondary N) is 1. The highest BCUT2D eigenvalue weighted by atomic mass is 16.3. The SMILES string of the molecule is CNCC(O)Cn1nc2cnccn2c1=O. The van der Waals surface area contributed by atoms with Crippen molar-refractivity contribution >= 4 is 5.65 Å². The molecule has 0 bridgehead atoms. The van der Waals surface area contributed by atoms with Gasteiger partial charge in [0.25, 0.3) is 0 Å². The molecule has 16 heavy (non-hydrogen) atoms. The lowest BCUT2D eigenvalue weighted by molar-refractivity contribution is 0.148. The molecular weight excluding hydrogens is 210 g/mol. The van der Waals surface area contributed by atoms with Crippen LogP contribution < -0.4 is 11.0 Å². The van der Waals surface area contributed by atoms with Crippen molar-refractivity contribution in [1.29, 1.82) is 0 Å².